The van der Waals surface area contributed by atoms with Crippen molar-refractivity contribution in [2.24, 2.45) is 0 Å². The molecule has 0 aliphatic heterocycles. The summed E-state index contributed by atoms with van der Waals surface area (Å²) in [4.78, 5) is 7.96. The zero-order chi connectivity index (χ0) is 9.68. The number of thioether (sulfide) groups is 1. The van der Waals surface area contributed by atoms with E-state index in [0.717, 1.165) is 0 Å². The third-order valence-corrected chi connectivity index (χ3v) is 1.92. The van der Waals surface area contributed by atoms with E-state index in [2.05, 4.69) is 9.97 Å². The van der Waals surface area contributed by atoms with E-state index in [9.17, 15) is 0 Å². The lowest BCUT2D eigenvalue weighted by atomic mass is 10.6. The molecule has 0 unspecified atom stereocenters. The molecule has 0 saturated heterocycles. The van der Waals surface area contributed by atoms with E-state index in [1.54, 1.807) is 0 Å². The van der Waals surface area contributed by atoms with Gasteiger partial charge in [0.1, 0.15) is 11.8 Å². The molecule has 0 bridgehead atoms. The first-order valence-corrected chi connectivity index (χ1v) is 5.18. The highest BCUT2D eigenvalue weighted by Gasteiger charge is 2.02. The molecule has 0 amide bonds. The largest absolute Gasteiger partial charge is 0.475 e. The van der Waals surface area contributed by atoms with E-state index in [1.165, 1.54) is 17.8 Å². The van der Waals surface area contributed by atoms with Gasteiger partial charge < -0.3 is 9.84 Å². The number of hydrogen-bond donors (Lipinski definition) is 1. The SMILES string of the molecule is CSc1nc(Cl)cc(OCCO)n1. The zero-order valence-electron chi connectivity index (χ0n) is 7.03. The molecular weight excluding hydrogens is 212 g/mol. The van der Waals surface area contributed by atoms with Crippen LogP contribution in [0, 0.1) is 0 Å². The molecule has 0 saturated carbocycles. The lowest BCUT2D eigenvalue weighted by Gasteiger charge is -2.03. The van der Waals surface area contributed by atoms with Crippen molar-refractivity contribution < 1.29 is 9.84 Å². The van der Waals surface area contributed by atoms with Crippen LogP contribution in [0.5, 0.6) is 5.88 Å². The van der Waals surface area contributed by atoms with Crippen LogP contribution in [0.3, 0.4) is 0 Å². The van der Waals surface area contributed by atoms with Crippen LogP contribution >= 0.6 is 23.4 Å². The van der Waals surface area contributed by atoms with Crippen LogP contribution in [0.4, 0.5) is 0 Å². The molecule has 4 nitrogen and oxygen atoms in total. The second-order valence-electron chi connectivity index (χ2n) is 2.09. The second kappa shape index (κ2) is 5.26. The van der Waals surface area contributed by atoms with Crippen LogP contribution in [0.15, 0.2) is 11.2 Å². The average molecular weight is 221 g/mol. The fourth-order valence-electron chi connectivity index (χ4n) is 0.693. The average Bonchev–Trinajstić information content (AvgIpc) is 2.14. The Morgan fingerprint density at radius 3 is 3.00 bits per heavy atom. The molecule has 72 valence electrons. The molecule has 1 aromatic rings. The van der Waals surface area contributed by atoms with Gasteiger partial charge in [-0.1, -0.05) is 23.4 Å². The molecule has 1 rings (SSSR count). The predicted octanol–water partition coefficient (Wildman–Crippen LogP) is 1.22. The molecule has 0 aliphatic carbocycles. The molecular formula is C7H9ClN2O2S. The number of ether oxygens (including phenoxy) is 1. The molecule has 1 heterocycles. The summed E-state index contributed by atoms with van der Waals surface area (Å²) in [7, 11) is 0. The van der Waals surface area contributed by atoms with Gasteiger partial charge >= 0.3 is 0 Å². The van der Waals surface area contributed by atoms with Gasteiger partial charge in [0.15, 0.2) is 5.16 Å². The Morgan fingerprint density at radius 2 is 2.38 bits per heavy atom. The van der Waals surface area contributed by atoms with E-state index in [0.29, 0.717) is 16.2 Å². The third-order valence-electron chi connectivity index (χ3n) is 1.17. The lowest BCUT2D eigenvalue weighted by Crippen LogP contribution is -2.03. The van der Waals surface area contributed by atoms with Crippen molar-refractivity contribution in [3.05, 3.63) is 11.2 Å². The van der Waals surface area contributed by atoms with Crippen LogP contribution in [0.25, 0.3) is 0 Å². The summed E-state index contributed by atoms with van der Waals surface area (Å²) in [5, 5.41) is 9.41. The first kappa shape index (κ1) is 10.6. The number of aliphatic hydroxyl groups excluding tert-OH is 1. The van der Waals surface area contributed by atoms with Crippen LogP contribution in [0.2, 0.25) is 5.15 Å². The van der Waals surface area contributed by atoms with Gasteiger partial charge in [0.25, 0.3) is 0 Å². The quantitative estimate of drug-likeness (QED) is 0.470. The monoisotopic (exact) mass is 220 g/mol. The van der Waals surface area contributed by atoms with Crippen molar-refractivity contribution in [1.29, 1.82) is 0 Å². The van der Waals surface area contributed by atoms with Gasteiger partial charge in [0.2, 0.25) is 5.88 Å². The van der Waals surface area contributed by atoms with Crippen LogP contribution in [0.1, 0.15) is 0 Å². The molecule has 0 atom stereocenters. The summed E-state index contributed by atoms with van der Waals surface area (Å²) in [6.07, 6.45) is 1.85. The number of hydrogen-bond acceptors (Lipinski definition) is 5. The Morgan fingerprint density at radius 1 is 1.62 bits per heavy atom. The molecule has 0 spiro atoms. The molecule has 0 radical (unpaired) electrons. The maximum Gasteiger partial charge on any atom is 0.218 e. The van der Waals surface area contributed by atoms with Crippen molar-refractivity contribution in [3.63, 3.8) is 0 Å². The number of aliphatic hydroxyl groups is 1. The van der Waals surface area contributed by atoms with Gasteiger partial charge in [-0.05, 0) is 6.26 Å². The minimum absolute atomic E-state index is 0.0454. The number of halogens is 1. The van der Waals surface area contributed by atoms with E-state index < -0.39 is 0 Å². The van der Waals surface area contributed by atoms with Crippen molar-refractivity contribution in [1.82, 2.24) is 9.97 Å². The molecule has 0 aliphatic rings. The van der Waals surface area contributed by atoms with Crippen LogP contribution in [-0.4, -0.2) is 34.5 Å². The fraction of sp³-hybridized carbons (Fsp3) is 0.429. The summed E-state index contributed by atoms with van der Waals surface area (Å²) >= 11 is 7.08. The molecule has 6 heteroatoms. The van der Waals surface area contributed by atoms with E-state index in [4.69, 9.17) is 21.4 Å². The Labute approximate surface area is 85.3 Å². The Bertz CT molecular complexity index is 285. The highest BCUT2D eigenvalue weighted by molar-refractivity contribution is 7.98. The fourth-order valence-corrected chi connectivity index (χ4v) is 1.29. The highest BCUT2D eigenvalue weighted by atomic mass is 35.5. The minimum atomic E-state index is -0.0454. The number of aromatic nitrogens is 2. The zero-order valence-corrected chi connectivity index (χ0v) is 8.60. The minimum Gasteiger partial charge on any atom is -0.475 e. The predicted molar refractivity (Wildman–Crippen MR) is 51.4 cm³/mol. The first-order chi connectivity index (χ1) is 6.26. The van der Waals surface area contributed by atoms with Crippen molar-refractivity contribution in [3.8, 4) is 5.88 Å². The van der Waals surface area contributed by atoms with Gasteiger partial charge in [0, 0.05) is 6.07 Å². The maximum atomic E-state index is 8.52. The van der Waals surface area contributed by atoms with E-state index in [-0.39, 0.29) is 13.2 Å². The van der Waals surface area contributed by atoms with Gasteiger partial charge in [-0.25, -0.2) is 4.98 Å². The Hall–Kier alpha value is -0.520. The molecule has 0 aromatic carbocycles. The Balaban J connectivity index is 2.76. The third kappa shape index (κ3) is 3.38. The van der Waals surface area contributed by atoms with Gasteiger partial charge in [-0.3, -0.25) is 0 Å². The van der Waals surface area contributed by atoms with Gasteiger partial charge in [-0.15, -0.1) is 0 Å². The highest BCUT2D eigenvalue weighted by Crippen LogP contribution is 2.18. The maximum absolute atomic E-state index is 8.52. The molecule has 1 N–H and O–H groups in total. The standard InChI is InChI=1S/C7H9ClN2O2S/c1-13-7-9-5(8)4-6(10-7)12-3-2-11/h4,11H,2-3H2,1H3. The summed E-state index contributed by atoms with van der Waals surface area (Å²) in [5.74, 6) is 0.387. The van der Waals surface area contributed by atoms with Crippen molar-refractivity contribution in [2.75, 3.05) is 19.5 Å². The summed E-state index contributed by atoms with van der Waals surface area (Å²) in [6.45, 7) is 0.164. The second-order valence-corrected chi connectivity index (χ2v) is 3.25. The topological polar surface area (TPSA) is 55.2 Å². The van der Waals surface area contributed by atoms with E-state index >= 15 is 0 Å². The summed E-state index contributed by atoms with van der Waals surface area (Å²) in [6, 6.07) is 1.51. The summed E-state index contributed by atoms with van der Waals surface area (Å²) in [5.41, 5.74) is 0. The van der Waals surface area contributed by atoms with E-state index in [1.807, 2.05) is 6.26 Å². The van der Waals surface area contributed by atoms with Crippen molar-refractivity contribution >= 4 is 23.4 Å². The lowest BCUT2D eigenvalue weighted by molar-refractivity contribution is 0.195. The number of nitrogens with zero attached hydrogens (tertiary/aromatic N) is 2. The van der Waals surface area contributed by atoms with Gasteiger partial charge in [-0.2, -0.15) is 4.98 Å². The molecule has 0 fully saturated rings. The summed E-state index contributed by atoms with van der Waals surface area (Å²) < 4.78 is 5.08. The normalized spacial score (nSPS) is 10.1. The Kier molecular flexibility index (Phi) is 4.27. The van der Waals surface area contributed by atoms with Gasteiger partial charge in [0.05, 0.1) is 6.61 Å². The smallest absolute Gasteiger partial charge is 0.218 e. The number of rotatable bonds is 4. The molecule has 1 aromatic heterocycles. The van der Waals surface area contributed by atoms with Crippen LogP contribution < -0.4 is 4.74 Å². The van der Waals surface area contributed by atoms with Crippen LogP contribution in [-0.2, 0) is 0 Å². The molecule has 13 heavy (non-hydrogen) atoms. The van der Waals surface area contributed by atoms with Crippen molar-refractivity contribution in [2.45, 2.75) is 5.16 Å². The first-order valence-electron chi connectivity index (χ1n) is 3.58.